The second-order valence-electron chi connectivity index (χ2n) is 7.89. The zero-order valence-electron chi connectivity index (χ0n) is 18.3. The zero-order chi connectivity index (χ0) is 22.1. The molecule has 0 spiro atoms. The zero-order valence-corrected chi connectivity index (χ0v) is 18.3. The van der Waals surface area contributed by atoms with Crippen molar-refractivity contribution in [2.24, 2.45) is 0 Å². The van der Waals surface area contributed by atoms with Crippen molar-refractivity contribution >= 4 is 22.6 Å². The molecule has 1 N–H and O–H groups in total. The van der Waals surface area contributed by atoms with Crippen LogP contribution in [-0.4, -0.2) is 20.3 Å². The molecule has 0 saturated carbocycles. The van der Waals surface area contributed by atoms with Gasteiger partial charge in [0.25, 0.3) is 5.56 Å². The number of pyridine rings is 1. The lowest BCUT2D eigenvalue weighted by Crippen LogP contribution is -2.29. The Kier molecular flexibility index (Phi) is 5.46. The summed E-state index contributed by atoms with van der Waals surface area (Å²) in [5, 5.41) is 8.53. The quantitative estimate of drug-likeness (QED) is 0.529. The van der Waals surface area contributed by atoms with Crippen LogP contribution in [0.3, 0.4) is 0 Å². The third kappa shape index (κ3) is 4.01. The van der Waals surface area contributed by atoms with Gasteiger partial charge in [0, 0.05) is 17.1 Å². The van der Waals surface area contributed by atoms with Crippen LogP contribution in [0.2, 0.25) is 0 Å². The molecule has 0 aliphatic heterocycles. The van der Waals surface area contributed by atoms with Gasteiger partial charge in [-0.2, -0.15) is 5.10 Å². The van der Waals surface area contributed by atoms with Crippen molar-refractivity contribution < 1.29 is 4.79 Å². The molecule has 6 nitrogen and oxygen atoms in total. The maximum absolute atomic E-state index is 13.0. The lowest BCUT2D eigenvalue weighted by Gasteiger charge is -2.13. The number of rotatable bonds is 5. The highest BCUT2D eigenvalue weighted by Crippen LogP contribution is 2.25. The molecule has 0 atom stereocenters. The number of carbonyl (C=O) groups excluding carboxylic acids is 1. The first-order valence-corrected chi connectivity index (χ1v) is 10.4. The van der Waals surface area contributed by atoms with Gasteiger partial charge in [-0.25, -0.2) is 4.68 Å². The summed E-state index contributed by atoms with van der Waals surface area (Å²) in [5.41, 5.74) is 6.01. The summed E-state index contributed by atoms with van der Waals surface area (Å²) in [4.78, 5) is 25.9. The third-order valence-electron chi connectivity index (χ3n) is 5.47. The molecular formula is C25H26N4O2. The number of anilines is 1. The molecule has 158 valence electrons. The van der Waals surface area contributed by atoms with Crippen LogP contribution in [0, 0.1) is 20.8 Å². The molecule has 0 unspecified atom stereocenters. The second-order valence-corrected chi connectivity index (χ2v) is 7.89. The molecule has 0 aliphatic carbocycles. The Bertz CT molecular complexity index is 1310. The highest BCUT2D eigenvalue weighted by atomic mass is 16.2. The van der Waals surface area contributed by atoms with Crippen LogP contribution < -0.4 is 10.9 Å². The van der Waals surface area contributed by atoms with E-state index in [1.54, 1.807) is 10.7 Å². The van der Waals surface area contributed by atoms with E-state index in [-0.39, 0.29) is 18.0 Å². The van der Waals surface area contributed by atoms with Gasteiger partial charge >= 0.3 is 0 Å². The lowest BCUT2D eigenvalue weighted by molar-refractivity contribution is -0.116. The second kappa shape index (κ2) is 8.22. The van der Waals surface area contributed by atoms with E-state index in [1.807, 2.05) is 76.2 Å². The molecule has 2 heterocycles. The van der Waals surface area contributed by atoms with Crippen molar-refractivity contribution in [2.45, 2.75) is 40.7 Å². The summed E-state index contributed by atoms with van der Waals surface area (Å²) in [6, 6.07) is 17.2. The van der Waals surface area contributed by atoms with Crippen molar-refractivity contribution in [2.75, 3.05) is 5.32 Å². The molecule has 0 fully saturated rings. The number of benzene rings is 2. The predicted octanol–water partition coefficient (Wildman–Crippen LogP) is 4.31. The molecule has 0 saturated heterocycles. The molecule has 31 heavy (non-hydrogen) atoms. The molecule has 4 aromatic rings. The lowest BCUT2D eigenvalue weighted by atomic mass is 10.1. The maximum atomic E-state index is 13.0. The smallest absolute Gasteiger partial charge is 0.252 e. The molecule has 0 bridgehead atoms. The van der Waals surface area contributed by atoms with E-state index in [9.17, 15) is 9.59 Å². The summed E-state index contributed by atoms with van der Waals surface area (Å²) in [6.45, 7) is 7.88. The van der Waals surface area contributed by atoms with Crippen LogP contribution >= 0.6 is 0 Å². The van der Waals surface area contributed by atoms with Crippen LogP contribution in [0.4, 0.5) is 5.69 Å². The first kappa shape index (κ1) is 20.6. The molecule has 4 rings (SSSR count). The SMILES string of the molecule is CCc1cc(=O)n(CC(=O)Nc2ccc(C)cc2)c2c1c(C)nn2-c1ccc(C)cc1. The van der Waals surface area contributed by atoms with Gasteiger partial charge in [0.2, 0.25) is 5.91 Å². The molecule has 6 heteroatoms. The van der Waals surface area contributed by atoms with Crippen LogP contribution in [0.1, 0.15) is 29.3 Å². The Morgan fingerprint density at radius 2 is 1.58 bits per heavy atom. The van der Waals surface area contributed by atoms with Gasteiger partial charge in [-0.05, 0) is 57.0 Å². The number of aryl methyl sites for hydroxylation is 4. The summed E-state index contributed by atoms with van der Waals surface area (Å²) < 4.78 is 3.28. The normalized spacial score (nSPS) is 11.1. The standard InChI is InChI=1S/C25H26N4O2/c1-5-19-14-23(31)28(15-22(30)26-20-10-6-16(2)7-11-20)25-24(19)18(4)27-29(25)21-12-8-17(3)9-13-21/h6-14H,5,15H2,1-4H3,(H,26,30). The monoisotopic (exact) mass is 414 g/mol. The molecule has 0 aliphatic rings. The minimum Gasteiger partial charge on any atom is -0.325 e. The van der Waals surface area contributed by atoms with E-state index in [1.165, 1.54) is 4.57 Å². The number of amides is 1. The molecular weight excluding hydrogens is 388 g/mol. The summed E-state index contributed by atoms with van der Waals surface area (Å²) >= 11 is 0. The fourth-order valence-electron chi connectivity index (χ4n) is 3.82. The van der Waals surface area contributed by atoms with Gasteiger partial charge in [-0.3, -0.25) is 14.2 Å². The average Bonchev–Trinajstić information content (AvgIpc) is 3.09. The van der Waals surface area contributed by atoms with Gasteiger partial charge in [0.1, 0.15) is 12.2 Å². The van der Waals surface area contributed by atoms with Gasteiger partial charge in [0.15, 0.2) is 0 Å². The Morgan fingerprint density at radius 3 is 2.19 bits per heavy atom. The Morgan fingerprint density at radius 1 is 0.968 bits per heavy atom. The Labute approximate surface area is 181 Å². The highest BCUT2D eigenvalue weighted by molar-refractivity contribution is 5.92. The highest BCUT2D eigenvalue weighted by Gasteiger charge is 2.19. The third-order valence-corrected chi connectivity index (χ3v) is 5.47. The van der Waals surface area contributed by atoms with Crippen LogP contribution in [0.15, 0.2) is 59.4 Å². The first-order chi connectivity index (χ1) is 14.9. The average molecular weight is 415 g/mol. The van der Waals surface area contributed by atoms with E-state index in [0.717, 1.165) is 33.5 Å². The minimum atomic E-state index is -0.259. The predicted molar refractivity (Wildman–Crippen MR) is 124 cm³/mol. The summed E-state index contributed by atoms with van der Waals surface area (Å²) in [5.74, 6) is -0.259. The number of aromatic nitrogens is 3. The maximum Gasteiger partial charge on any atom is 0.252 e. The fourth-order valence-corrected chi connectivity index (χ4v) is 3.82. The molecule has 0 radical (unpaired) electrons. The molecule has 1 amide bonds. The van der Waals surface area contributed by atoms with Crippen molar-refractivity contribution in [3.63, 3.8) is 0 Å². The van der Waals surface area contributed by atoms with E-state index in [2.05, 4.69) is 5.32 Å². The largest absolute Gasteiger partial charge is 0.325 e. The van der Waals surface area contributed by atoms with Gasteiger partial charge in [-0.15, -0.1) is 0 Å². The Balaban J connectivity index is 1.83. The number of hydrogen-bond acceptors (Lipinski definition) is 3. The number of nitrogens with one attached hydrogen (secondary N) is 1. The topological polar surface area (TPSA) is 68.9 Å². The summed E-state index contributed by atoms with van der Waals surface area (Å²) in [6.07, 6.45) is 0.711. The van der Waals surface area contributed by atoms with E-state index in [4.69, 9.17) is 5.10 Å². The van der Waals surface area contributed by atoms with Crippen molar-refractivity contribution in [3.8, 4) is 5.69 Å². The van der Waals surface area contributed by atoms with Gasteiger partial charge in [-0.1, -0.05) is 42.3 Å². The van der Waals surface area contributed by atoms with Crippen LogP contribution in [0.25, 0.3) is 16.7 Å². The number of hydrogen-bond donors (Lipinski definition) is 1. The van der Waals surface area contributed by atoms with Gasteiger partial charge in [0.05, 0.1) is 11.4 Å². The van der Waals surface area contributed by atoms with Crippen LogP contribution in [-0.2, 0) is 17.8 Å². The Hall–Kier alpha value is -3.67. The first-order valence-electron chi connectivity index (χ1n) is 10.4. The van der Waals surface area contributed by atoms with E-state index < -0.39 is 0 Å². The van der Waals surface area contributed by atoms with E-state index >= 15 is 0 Å². The minimum absolute atomic E-state index is 0.0931. The number of carbonyl (C=O) groups is 1. The molecule has 2 aromatic carbocycles. The van der Waals surface area contributed by atoms with Crippen molar-refractivity contribution in [1.29, 1.82) is 0 Å². The molecule has 2 aromatic heterocycles. The summed E-state index contributed by atoms with van der Waals surface area (Å²) in [7, 11) is 0. The fraction of sp³-hybridized carbons (Fsp3) is 0.240. The van der Waals surface area contributed by atoms with Gasteiger partial charge < -0.3 is 5.32 Å². The van der Waals surface area contributed by atoms with E-state index in [0.29, 0.717) is 17.8 Å². The van der Waals surface area contributed by atoms with Crippen molar-refractivity contribution in [1.82, 2.24) is 14.3 Å². The number of nitrogens with zero attached hydrogens (tertiary/aromatic N) is 3. The van der Waals surface area contributed by atoms with Crippen molar-refractivity contribution in [3.05, 3.63) is 87.3 Å². The number of fused-ring (bicyclic) bond motifs is 1. The van der Waals surface area contributed by atoms with Crippen LogP contribution in [0.5, 0.6) is 0 Å².